The number of carbonyl (C=O) groups is 3. The number of hydrogen-bond acceptors (Lipinski definition) is 8. The monoisotopic (exact) mass is 807 g/mol. The maximum atomic E-state index is 14.0. The second kappa shape index (κ2) is 15.1. The number of piperidine rings is 1. The number of hydrogen-bond donors (Lipinski definition) is 3. The van der Waals surface area contributed by atoms with Crippen LogP contribution in [-0.4, -0.2) is 87.1 Å². The summed E-state index contributed by atoms with van der Waals surface area (Å²) >= 11 is 0. The number of likely N-dealkylation sites (tertiary alicyclic amines) is 2. The summed E-state index contributed by atoms with van der Waals surface area (Å²) < 4.78 is 16.8. The minimum absolute atomic E-state index is 0.0863. The number of alkyl carbamates (subject to hydrolysis) is 1. The normalized spacial score (nSPS) is 22.1. The Kier molecular flexibility index (Phi) is 9.58. The van der Waals surface area contributed by atoms with Crippen LogP contribution in [0.2, 0.25) is 0 Å². The molecular formula is C47H49N7O6. The third-order valence-electron chi connectivity index (χ3n) is 13.0. The summed E-state index contributed by atoms with van der Waals surface area (Å²) in [7, 11) is 3.02. The van der Waals surface area contributed by atoms with Crippen LogP contribution in [0.25, 0.3) is 44.2 Å². The van der Waals surface area contributed by atoms with E-state index in [0.29, 0.717) is 32.1 Å². The molecule has 10 rings (SSSR count). The predicted molar refractivity (Wildman–Crippen MR) is 226 cm³/mol. The number of aromatic amines is 2. The molecule has 13 nitrogen and oxygen atoms in total. The molecule has 3 amide bonds. The van der Waals surface area contributed by atoms with Gasteiger partial charge in [0, 0.05) is 36.6 Å². The molecule has 2 aromatic heterocycles. The zero-order chi connectivity index (χ0) is 41.2. The van der Waals surface area contributed by atoms with Gasteiger partial charge in [-0.25, -0.2) is 14.8 Å². The van der Waals surface area contributed by atoms with Crippen LogP contribution in [0.15, 0.2) is 79.0 Å². The highest BCUT2D eigenvalue weighted by Gasteiger charge is 2.56. The molecule has 3 aliphatic heterocycles. The Morgan fingerprint density at radius 1 is 0.933 bits per heavy atom. The molecule has 0 spiro atoms. The lowest BCUT2D eigenvalue weighted by atomic mass is 9.92. The molecule has 0 bridgehead atoms. The van der Waals surface area contributed by atoms with Gasteiger partial charge in [-0.2, -0.15) is 0 Å². The molecule has 0 radical (unpaired) electrons. The van der Waals surface area contributed by atoms with Gasteiger partial charge in [-0.05, 0) is 83.0 Å². The first-order valence-corrected chi connectivity index (χ1v) is 20.9. The van der Waals surface area contributed by atoms with E-state index < -0.39 is 12.1 Å². The van der Waals surface area contributed by atoms with E-state index in [1.165, 1.54) is 7.11 Å². The van der Waals surface area contributed by atoms with Crippen molar-refractivity contribution in [2.45, 2.75) is 70.3 Å². The lowest BCUT2D eigenvalue weighted by molar-refractivity contribution is -0.136. The van der Waals surface area contributed by atoms with Crippen molar-refractivity contribution in [3.63, 3.8) is 0 Å². The van der Waals surface area contributed by atoms with Gasteiger partial charge in [-0.1, -0.05) is 62.4 Å². The van der Waals surface area contributed by atoms with Crippen molar-refractivity contribution in [1.82, 2.24) is 35.1 Å². The van der Waals surface area contributed by atoms with Crippen LogP contribution in [-0.2, 0) is 32.1 Å². The third kappa shape index (κ3) is 6.74. The second-order valence-electron chi connectivity index (χ2n) is 17.2. The Morgan fingerprint density at radius 3 is 2.58 bits per heavy atom. The van der Waals surface area contributed by atoms with Crippen molar-refractivity contribution in [2.24, 2.45) is 17.8 Å². The maximum absolute atomic E-state index is 14.0. The van der Waals surface area contributed by atoms with E-state index in [0.717, 1.165) is 92.0 Å². The third-order valence-corrected chi connectivity index (χ3v) is 13.0. The van der Waals surface area contributed by atoms with Crippen LogP contribution in [0.1, 0.15) is 68.0 Å². The van der Waals surface area contributed by atoms with Crippen molar-refractivity contribution >= 4 is 39.7 Å². The van der Waals surface area contributed by atoms with Crippen molar-refractivity contribution < 1.29 is 28.6 Å². The van der Waals surface area contributed by atoms with Gasteiger partial charge in [0.05, 0.1) is 55.1 Å². The van der Waals surface area contributed by atoms with Gasteiger partial charge >= 0.3 is 6.09 Å². The summed E-state index contributed by atoms with van der Waals surface area (Å²) in [5.41, 5.74) is 7.82. The first-order valence-electron chi connectivity index (χ1n) is 20.9. The Hall–Kier alpha value is -6.21. The number of carbonyl (C=O) groups excluding carboxylic acids is 3. The van der Waals surface area contributed by atoms with E-state index in [4.69, 9.17) is 24.2 Å². The average Bonchev–Trinajstić information content (AvgIpc) is 3.72. The molecule has 6 aromatic rings. The van der Waals surface area contributed by atoms with Crippen LogP contribution < -0.4 is 10.1 Å². The zero-order valence-electron chi connectivity index (χ0n) is 34.2. The Bertz CT molecular complexity index is 2640. The molecule has 13 heteroatoms. The second-order valence-corrected chi connectivity index (χ2v) is 17.2. The van der Waals surface area contributed by atoms with Crippen LogP contribution in [0, 0.1) is 17.8 Å². The largest absolute Gasteiger partial charge is 0.488 e. The van der Waals surface area contributed by atoms with Gasteiger partial charge in [0.2, 0.25) is 11.8 Å². The van der Waals surface area contributed by atoms with E-state index in [9.17, 15) is 14.4 Å². The van der Waals surface area contributed by atoms with Gasteiger partial charge in [-0.3, -0.25) is 9.59 Å². The molecule has 4 aromatic carbocycles. The molecule has 1 aliphatic carbocycles. The summed E-state index contributed by atoms with van der Waals surface area (Å²) in [6.07, 6.45) is 4.18. The molecule has 5 heterocycles. The van der Waals surface area contributed by atoms with Crippen molar-refractivity contribution in [3.05, 3.63) is 102 Å². The zero-order valence-corrected chi connectivity index (χ0v) is 34.2. The van der Waals surface area contributed by atoms with E-state index >= 15 is 0 Å². The summed E-state index contributed by atoms with van der Waals surface area (Å²) in [5.74, 6) is 2.87. The maximum Gasteiger partial charge on any atom is 0.407 e. The first-order chi connectivity index (χ1) is 29.2. The summed E-state index contributed by atoms with van der Waals surface area (Å²) in [6, 6.07) is 23.8. The van der Waals surface area contributed by atoms with Gasteiger partial charge in [0.15, 0.2) is 0 Å². The number of nitrogens with one attached hydrogen (secondary N) is 3. The molecule has 0 unspecified atom stereocenters. The number of amides is 3. The quantitative estimate of drug-likeness (QED) is 0.129. The van der Waals surface area contributed by atoms with Crippen molar-refractivity contribution in [1.29, 1.82) is 0 Å². The number of ether oxygens (including phenoxy) is 3. The summed E-state index contributed by atoms with van der Waals surface area (Å²) in [4.78, 5) is 60.8. The van der Waals surface area contributed by atoms with Gasteiger partial charge in [0.1, 0.15) is 30.0 Å². The van der Waals surface area contributed by atoms with Gasteiger partial charge in [-0.15, -0.1) is 0 Å². The smallest absolute Gasteiger partial charge is 0.407 e. The van der Waals surface area contributed by atoms with Gasteiger partial charge < -0.3 is 39.3 Å². The molecule has 3 N–H and O–H groups in total. The Labute approximate surface area is 347 Å². The van der Waals surface area contributed by atoms with Crippen LogP contribution >= 0.6 is 0 Å². The molecule has 3 fully saturated rings. The van der Waals surface area contributed by atoms with E-state index in [2.05, 4.69) is 57.7 Å². The predicted octanol–water partition coefficient (Wildman–Crippen LogP) is 7.49. The van der Waals surface area contributed by atoms with Crippen LogP contribution in [0.3, 0.4) is 0 Å². The van der Waals surface area contributed by atoms with E-state index in [1.54, 1.807) is 7.11 Å². The standard InChI is InChI=1S/C47H49N7O6/c1-25(2)42(52-47(57)59-4)46(56)54-37-18-30(37)19-39(54)45-49-35-13-11-28-17-34-32-12-10-29(16-31(32)24-60-40(34)20-33(28)43(35)51-45)36-21-48-44(50-36)38-14-27(23-58-3)22-53(38)41(55)15-26-8-6-5-7-9-26/h5-13,16-17,20-21,25,27,30,37-39,42H,14-15,18-19,22-24H2,1-4H3,(H,48,50)(H,49,51)(H,52,57)/t27-,30-,37-,38-,39-,42-/m0/s1. The molecule has 2 saturated heterocycles. The molecule has 4 aliphatic rings. The molecule has 308 valence electrons. The highest BCUT2D eigenvalue weighted by atomic mass is 16.5. The molecule has 1 saturated carbocycles. The lowest BCUT2D eigenvalue weighted by Gasteiger charge is -2.31. The lowest BCUT2D eigenvalue weighted by Crippen LogP contribution is -2.52. The minimum Gasteiger partial charge on any atom is -0.488 e. The van der Waals surface area contributed by atoms with Gasteiger partial charge in [0.25, 0.3) is 0 Å². The number of imidazole rings is 2. The van der Waals surface area contributed by atoms with Crippen LogP contribution in [0.4, 0.5) is 4.79 Å². The van der Waals surface area contributed by atoms with Crippen molar-refractivity contribution in [2.75, 3.05) is 27.4 Å². The first kappa shape index (κ1) is 38.0. The number of fused-ring (bicyclic) bond motifs is 7. The Balaban J connectivity index is 0.905. The molecule has 60 heavy (non-hydrogen) atoms. The number of H-pyrrole nitrogens is 2. The molecular weight excluding hydrogens is 759 g/mol. The number of aromatic nitrogens is 4. The Morgan fingerprint density at radius 2 is 1.78 bits per heavy atom. The number of nitrogens with zero attached hydrogens (tertiary/aromatic N) is 4. The topological polar surface area (TPSA) is 155 Å². The van der Waals surface area contributed by atoms with E-state index in [-0.39, 0.29) is 41.8 Å². The molecule has 6 atom stereocenters. The highest BCUT2D eigenvalue weighted by Crippen LogP contribution is 2.54. The van der Waals surface area contributed by atoms with Crippen molar-refractivity contribution in [3.8, 4) is 28.1 Å². The summed E-state index contributed by atoms with van der Waals surface area (Å²) in [5, 5.41) is 4.78. The fraction of sp³-hybridized carbons (Fsp3) is 0.383. The van der Waals surface area contributed by atoms with E-state index in [1.807, 2.05) is 60.2 Å². The minimum atomic E-state index is -0.691. The average molecular weight is 808 g/mol. The number of rotatable bonds is 10. The fourth-order valence-electron chi connectivity index (χ4n) is 9.85. The highest BCUT2D eigenvalue weighted by molar-refractivity contribution is 6.07. The van der Waals surface area contributed by atoms with Crippen LogP contribution in [0.5, 0.6) is 5.75 Å². The summed E-state index contributed by atoms with van der Waals surface area (Å²) in [6.45, 7) is 5.49. The fourth-order valence-corrected chi connectivity index (χ4v) is 9.85. The SMILES string of the molecule is COC[C@H]1C[C@@H](c2ncc(-c3ccc4c(c3)COc3cc5c(ccc6[nH]c([C@@H]7C[C@@H]8C[C@@H]8N7C(=O)[C@@H](NC(=O)OC)C(C)C)nc65)cc3-4)[nH]2)N(C(=O)Cc2ccccc2)C1. The number of benzene rings is 4. The number of methoxy groups -OCH3 is 2.